The quantitative estimate of drug-likeness (QED) is 0.540. The molecule has 2 atom stereocenters. The standard InChI is InChI=1S/C8H10Cl2O/c1-7-4-2-3-5(11)6(7)8(7,9)10/h6H,2-4H2,1H3. The fraction of sp³-hybridized carbons (Fsp3) is 0.875. The number of fused-ring (bicyclic) bond motifs is 1. The maximum atomic E-state index is 11.3. The molecule has 3 heteroatoms. The van der Waals surface area contributed by atoms with Crippen LogP contribution < -0.4 is 0 Å². The minimum atomic E-state index is -0.749. The third-order valence-electron chi connectivity index (χ3n) is 3.12. The summed E-state index contributed by atoms with van der Waals surface area (Å²) in [6.45, 7) is 2.01. The van der Waals surface area contributed by atoms with Gasteiger partial charge in [-0.3, -0.25) is 4.79 Å². The van der Waals surface area contributed by atoms with Gasteiger partial charge in [-0.1, -0.05) is 6.92 Å². The third kappa shape index (κ3) is 0.762. The third-order valence-corrected chi connectivity index (χ3v) is 4.42. The van der Waals surface area contributed by atoms with Crippen molar-refractivity contribution in [1.82, 2.24) is 0 Å². The summed E-state index contributed by atoms with van der Waals surface area (Å²) in [5.74, 6) is 0.177. The van der Waals surface area contributed by atoms with E-state index >= 15 is 0 Å². The van der Waals surface area contributed by atoms with Crippen LogP contribution in [0.4, 0.5) is 0 Å². The Balaban J connectivity index is 2.30. The van der Waals surface area contributed by atoms with Crippen molar-refractivity contribution in [3.05, 3.63) is 0 Å². The minimum absolute atomic E-state index is 0.0768. The van der Waals surface area contributed by atoms with Gasteiger partial charge in [-0.2, -0.15) is 0 Å². The van der Waals surface area contributed by atoms with E-state index in [9.17, 15) is 4.79 Å². The molecule has 2 aliphatic rings. The number of hydrogen-bond donors (Lipinski definition) is 0. The molecule has 0 aliphatic heterocycles. The van der Waals surface area contributed by atoms with Crippen LogP contribution in [0, 0.1) is 11.3 Å². The summed E-state index contributed by atoms with van der Waals surface area (Å²) in [6.07, 6.45) is 2.62. The van der Waals surface area contributed by atoms with Gasteiger partial charge in [-0.25, -0.2) is 0 Å². The highest BCUT2D eigenvalue weighted by molar-refractivity contribution is 6.53. The van der Waals surface area contributed by atoms with Crippen LogP contribution in [0.25, 0.3) is 0 Å². The number of halogens is 2. The first-order valence-corrected chi connectivity index (χ1v) is 4.66. The monoisotopic (exact) mass is 192 g/mol. The van der Waals surface area contributed by atoms with Gasteiger partial charge in [-0.05, 0) is 12.8 Å². The van der Waals surface area contributed by atoms with Gasteiger partial charge in [0.15, 0.2) is 0 Å². The predicted octanol–water partition coefficient (Wildman–Crippen LogP) is 2.55. The Labute approximate surface area is 76.1 Å². The van der Waals surface area contributed by atoms with Gasteiger partial charge in [0.25, 0.3) is 0 Å². The predicted molar refractivity (Wildman–Crippen MR) is 44.9 cm³/mol. The molecular weight excluding hydrogens is 183 g/mol. The van der Waals surface area contributed by atoms with Crippen molar-refractivity contribution >= 4 is 29.0 Å². The van der Waals surface area contributed by atoms with Gasteiger partial charge in [0.2, 0.25) is 0 Å². The van der Waals surface area contributed by atoms with E-state index in [0.29, 0.717) is 6.42 Å². The molecule has 0 amide bonds. The zero-order valence-corrected chi connectivity index (χ0v) is 7.87. The van der Waals surface area contributed by atoms with E-state index < -0.39 is 4.33 Å². The van der Waals surface area contributed by atoms with Crippen LogP contribution in [0.1, 0.15) is 26.2 Å². The molecule has 0 N–H and O–H groups in total. The van der Waals surface area contributed by atoms with Crippen LogP contribution >= 0.6 is 23.2 Å². The van der Waals surface area contributed by atoms with Gasteiger partial charge < -0.3 is 0 Å². The van der Waals surface area contributed by atoms with Crippen molar-refractivity contribution in [2.24, 2.45) is 11.3 Å². The zero-order chi connectivity index (χ0) is 8.28. The van der Waals surface area contributed by atoms with Gasteiger partial charge in [-0.15, -0.1) is 23.2 Å². The number of carbonyl (C=O) groups is 1. The Morgan fingerprint density at radius 2 is 2.18 bits per heavy atom. The summed E-state index contributed by atoms with van der Waals surface area (Å²) >= 11 is 12.0. The topological polar surface area (TPSA) is 17.1 Å². The number of rotatable bonds is 0. The highest BCUT2D eigenvalue weighted by Crippen LogP contribution is 2.73. The molecule has 2 rings (SSSR count). The van der Waals surface area contributed by atoms with Gasteiger partial charge in [0.1, 0.15) is 10.1 Å². The molecule has 2 fully saturated rings. The molecule has 0 heterocycles. The number of Topliss-reactive ketones (excluding diaryl/α,β-unsaturated/α-hetero) is 1. The minimum Gasteiger partial charge on any atom is -0.299 e. The molecule has 2 saturated carbocycles. The first-order valence-electron chi connectivity index (χ1n) is 3.91. The van der Waals surface area contributed by atoms with E-state index in [4.69, 9.17) is 23.2 Å². The molecule has 0 aromatic heterocycles. The average Bonchev–Trinajstić information content (AvgIpc) is 2.29. The largest absolute Gasteiger partial charge is 0.299 e. The van der Waals surface area contributed by atoms with Crippen LogP contribution in [0.5, 0.6) is 0 Å². The van der Waals surface area contributed by atoms with E-state index in [1.54, 1.807) is 0 Å². The Hall–Kier alpha value is 0.250. The number of ketones is 1. The fourth-order valence-electron chi connectivity index (χ4n) is 2.23. The van der Waals surface area contributed by atoms with Crippen molar-refractivity contribution in [2.45, 2.75) is 30.5 Å². The van der Waals surface area contributed by atoms with Crippen LogP contribution in [0.2, 0.25) is 0 Å². The summed E-state index contributed by atoms with van der Waals surface area (Å²) < 4.78 is -0.749. The number of alkyl halides is 2. The molecule has 0 aromatic carbocycles. The first kappa shape index (κ1) is 7.88. The second-order valence-corrected chi connectivity index (χ2v) is 5.18. The molecule has 0 saturated heterocycles. The van der Waals surface area contributed by atoms with Crippen LogP contribution in [-0.4, -0.2) is 10.1 Å². The Morgan fingerprint density at radius 3 is 2.64 bits per heavy atom. The number of carbonyl (C=O) groups excluding carboxylic acids is 1. The van der Waals surface area contributed by atoms with Gasteiger partial charge >= 0.3 is 0 Å². The fourth-order valence-corrected chi connectivity index (χ4v) is 3.25. The smallest absolute Gasteiger partial charge is 0.139 e. The first-order chi connectivity index (χ1) is 5.00. The van der Waals surface area contributed by atoms with Crippen molar-refractivity contribution in [3.63, 3.8) is 0 Å². The van der Waals surface area contributed by atoms with E-state index in [2.05, 4.69) is 0 Å². The average molecular weight is 193 g/mol. The maximum Gasteiger partial charge on any atom is 0.139 e. The molecule has 0 bridgehead atoms. The highest BCUT2D eigenvalue weighted by Gasteiger charge is 2.76. The maximum absolute atomic E-state index is 11.3. The normalized spacial score (nSPS) is 46.8. The lowest BCUT2D eigenvalue weighted by atomic mass is 9.89. The van der Waals surface area contributed by atoms with Crippen molar-refractivity contribution in [3.8, 4) is 0 Å². The van der Waals surface area contributed by atoms with E-state index in [1.807, 2.05) is 6.92 Å². The van der Waals surface area contributed by atoms with Crippen molar-refractivity contribution < 1.29 is 4.79 Å². The SMILES string of the molecule is CC12CCCC(=O)C1C2(Cl)Cl. The molecular formula is C8H10Cl2O. The van der Waals surface area contributed by atoms with E-state index in [-0.39, 0.29) is 17.1 Å². The Kier molecular flexibility index (Phi) is 1.39. The zero-order valence-electron chi connectivity index (χ0n) is 6.36. The van der Waals surface area contributed by atoms with Gasteiger partial charge in [0.05, 0.1) is 5.92 Å². The van der Waals surface area contributed by atoms with Crippen LogP contribution in [0.15, 0.2) is 0 Å². The second kappa shape index (κ2) is 1.94. The van der Waals surface area contributed by atoms with Crippen LogP contribution in [-0.2, 0) is 4.79 Å². The van der Waals surface area contributed by atoms with Crippen LogP contribution in [0.3, 0.4) is 0 Å². The summed E-state index contributed by atoms with van der Waals surface area (Å²) in [6, 6.07) is 0. The second-order valence-electron chi connectivity index (χ2n) is 3.79. The lowest BCUT2D eigenvalue weighted by molar-refractivity contribution is -0.122. The molecule has 62 valence electrons. The summed E-state index contributed by atoms with van der Waals surface area (Å²) in [7, 11) is 0. The van der Waals surface area contributed by atoms with E-state index in [0.717, 1.165) is 12.8 Å². The molecule has 2 aliphatic carbocycles. The molecule has 0 spiro atoms. The summed E-state index contributed by atoms with van der Waals surface area (Å²) in [5, 5.41) is 0. The lowest BCUT2D eigenvalue weighted by Crippen LogP contribution is -2.13. The molecule has 11 heavy (non-hydrogen) atoms. The lowest BCUT2D eigenvalue weighted by Gasteiger charge is -2.14. The van der Waals surface area contributed by atoms with Gasteiger partial charge in [0, 0.05) is 11.8 Å². The molecule has 0 aromatic rings. The van der Waals surface area contributed by atoms with Crippen molar-refractivity contribution in [1.29, 1.82) is 0 Å². The molecule has 1 nitrogen and oxygen atoms in total. The summed E-state index contributed by atoms with van der Waals surface area (Å²) in [5.41, 5.74) is -0.106. The van der Waals surface area contributed by atoms with E-state index in [1.165, 1.54) is 0 Å². The molecule has 0 radical (unpaired) electrons. The Bertz CT molecular complexity index is 224. The molecule has 2 unspecified atom stereocenters. The highest BCUT2D eigenvalue weighted by atomic mass is 35.5. The number of hydrogen-bond acceptors (Lipinski definition) is 1. The Morgan fingerprint density at radius 1 is 1.55 bits per heavy atom. The summed E-state index contributed by atoms with van der Waals surface area (Å²) in [4.78, 5) is 11.3. The van der Waals surface area contributed by atoms with Crippen molar-refractivity contribution in [2.75, 3.05) is 0 Å².